The molecule has 5 nitrogen and oxygen atoms in total. The van der Waals surface area contributed by atoms with Crippen LogP contribution in [0.1, 0.15) is 57.7 Å². The molecule has 0 saturated carbocycles. The standard InChI is InChI=1S/C20H33NO4S2/c1-14(2)12-21(18-8-9-26(22,23)13-18)27(24,25)19-15(3)10-17(11-16(19)4)20(5,6)7/h10-11,14,18H,8-9,12-13H2,1-7H3. The molecule has 0 aliphatic carbocycles. The molecule has 0 N–H and O–H groups in total. The van der Waals surface area contributed by atoms with Crippen LogP contribution in [0.2, 0.25) is 0 Å². The summed E-state index contributed by atoms with van der Waals surface area (Å²) in [5, 5.41) is 0. The molecule has 0 spiro atoms. The third kappa shape index (κ3) is 4.93. The minimum absolute atomic E-state index is 0.0582. The van der Waals surface area contributed by atoms with Gasteiger partial charge in [-0.05, 0) is 48.3 Å². The van der Waals surface area contributed by atoms with Gasteiger partial charge in [0.25, 0.3) is 0 Å². The van der Waals surface area contributed by atoms with Crippen molar-refractivity contribution in [3.8, 4) is 0 Å². The largest absolute Gasteiger partial charge is 0.243 e. The van der Waals surface area contributed by atoms with Gasteiger partial charge in [0.15, 0.2) is 9.84 Å². The topological polar surface area (TPSA) is 71.5 Å². The molecule has 2 rings (SSSR count). The second-order valence-electron chi connectivity index (χ2n) is 9.21. The highest BCUT2D eigenvalue weighted by Gasteiger charge is 2.40. The van der Waals surface area contributed by atoms with E-state index in [1.54, 1.807) is 0 Å². The molecule has 0 radical (unpaired) electrons. The van der Waals surface area contributed by atoms with Crippen LogP contribution in [0.15, 0.2) is 17.0 Å². The Morgan fingerprint density at radius 2 is 1.67 bits per heavy atom. The zero-order valence-electron chi connectivity index (χ0n) is 17.5. The van der Waals surface area contributed by atoms with E-state index in [9.17, 15) is 16.8 Å². The molecule has 7 heteroatoms. The van der Waals surface area contributed by atoms with E-state index < -0.39 is 25.9 Å². The fourth-order valence-electron chi connectivity index (χ4n) is 3.71. The van der Waals surface area contributed by atoms with E-state index in [2.05, 4.69) is 20.8 Å². The second kappa shape index (κ2) is 7.48. The molecule has 0 amide bonds. The lowest BCUT2D eigenvalue weighted by Crippen LogP contribution is -2.43. The molecule has 1 atom stereocenters. The predicted molar refractivity (Wildman–Crippen MR) is 110 cm³/mol. The van der Waals surface area contributed by atoms with Gasteiger partial charge in [-0.3, -0.25) is 0 Å². The Labute approximate surface area is 165 Å². The zero-order valence-corrected chi connectivity index (χ0v) is 19.2. The average molecular weight is 416 g/mol. The molecular weight excluding hydrogens is 382 g/mol. The maximum absolute atomic E-state index is 13.6. The number of hydrogen-bond acceptors (Lipinski definition) is 4. The molecule has 1 aliphatic rings. The van der Waals surface area contributed by atoms with E-state index in [1.165, 1.54) is 4.31 Å². The van der Waals surface area contributed by atoms with Gasteiger partial charge in [0.1, 0.15) is 0 Å². The van der Waals surface area contributed by atoms with Crippen LogP contribution in [0, 0.1) is 19.8 Å². The first kappa shape index (κ1) is 22.4. The van der Waals surface area contributed by atoms with Crippen molar-refractivity contribution in [1.29, 1.82) is 0 Å². The molecule has 1 fully saturated rings. The van der Waals surface area contributed by atoms with Crippen molar-refractivity contribution in [3.05, 3.63) is 28.8 Å². The molecule has 1 unspecified atom stereocenters. The van der Waals surface area contributed by atoms with Gasteiger partial charge in [-0.2, -0.15) is 4.31 Å². The highest BCUT2D eigenvalue weighted by Crippen LogP contribution is 2.33. The SMILES string of the molecule is Cc1cc(C(C)(C)C)cc(C)c1S(=O)(=O)N(CC(C)C)C1CCS(=O)(=O)C1. The number of rotatable bonds is 5. The lowest BCUT2D eigenvalue weighted by molar-refractivity contribution is 0.307. The van der Waals surface area contributed by atoms with Crippen molar-refractivity contribution >= 4 is 19.9 Å². The Kier molecular flexibility index (Phi) is 6.20. The fourth-order valence-corrected chi connectivity index (χ4v) is 7.77. The van der Waals surface area contributed by atoms with Crippen molar-refractivity contribution in [2.24, 2.45) is 5.92 Å². The number of nitrogens with zero attached hydrogens (tertiary/aromatic N) is 1. The van der Waals surface area contributed by atoms with Crippen LogP contribution in [0.3, 0.4) is 0 Å². The van der Waals surface area contributed by atoms with E-state index >= 15 is 0 Å². The molecule has 1 aromatic rings. The predicted octanol–water partition coefficient (Wildman–Crippen LogP) is 3.43. The summed E-state index contributed by atoms with van der Waals surface area (Å²) in [6.45, 7) is 14.2. The molecule has 1 heterocycles. The van der Waals surface area contributed by atoms with Crippen LogP contribution >= 0.6 is 0 Å². The van der Waals surface area contributed by atoms with Crippen LogP contribution < -0.4 is 0 Å². The van der Waals surface area contributed by atoms with Crippen molar-refractivity contribution in [2.45, 2.75) is 71.2 Å². The first-order valence-corrected chi connectivity index (χ1v) is 12.8. The second-order valence-corrected chi connectivity index (χ2v) is 13.3. The maximum Gasteiger partial charge on any atom is 0.243 e. The van der Waals surface area contributed by atoms with Crippen LogP contribution in [0.25, 0.3) is 0 Å². The summed E-state index contributed by atoms with van der Waals surface area (Å²) in [6.07, 6.45) is 0.368. The minimum Gasteiger partial charge on any atom is -0.229 e. The summed E-state index contributed by atoms with van der Waals surface area (Å²) in [6, 6.07) is 3.40. The number of benzene rings is 1. The number of aryl methyl sites for hydroxylation is 2. The highest BCUT2D eigenvalue weighted by atomic mass is 32.2. The van der Waals surface area contributed by atoms with Crippen LogP contribution in [0.5, 0.6) is 0 Å². The van der Waals surface area contributed by atoms with Gasteiger partial charge in [-0.1, -0.05) is 46.8 Å². The zero-order chi connectivity index (χ0) is 20.8. The minimum atomic E-state index is -3.78. The quantitative estimate of drug-likeness (QED) is 0.739. The summed E-state index contributed by atoms with van der Waals surface area (Å²) in [4.78, 5) is 0.320. The van der Waals surface area contributed by atoms with E-state index in [0.29, 0.717) is 17.9 Å². The van der Waals surface area contributed by atoms with Gasteiger partial charge in [0.2, 0.25) is 10.0 Å². The van der Waals surface area contributed by atoms with E-state index in [-0.39, 0.29) is 22.8 Å². The lowest BCUT2D eigenvalue weighted by Gasteiger charge is -2.31. The number of hydrogen-bond donors (Lipinski definition) is 0. The van der Waals surface area contributed by atoms with Gasteiger partial charge < -0.3 is 0 Å². The highest BCUT2D eigenvalue weighted by molar-refractivity contribution is 7.92. The maximum atomic E-state index is 13.6. The third-order valence-electron chi connectivity index (χ3n) is 5.05. The van der Waals surface area contributed by atoms with Crippen LogP contribution in [-0.4, -0.2) is 45.2 Å². The van der Waals surface area contributed by atoms with E-state index in [4.69, 9.17) is 0 Å². The average Bonchev–Trinajstić information content (AvgIpc) is 2.82. The van der Waals surface area contributed by atoms with Gasteiger partial charge in [0.05, 0.1) is 16.4 Å². The van der Waals surface area contributed by atoms with Gasteiger partial charge in [-0.15, -0.1) is 0 Å². The molecule has 154 valence electrons. The Morgan fingerprint density at radius 1 is 1.15 bits per heavy atom. The van der Waals surface area contributed by atoms with E-state index in [0.717, 1.165) is 16.7 Å². The Balaban J connectivity index is 2.56. The van der Waals surface area contributed by atoms with Crippen molar-refractivity contribution in [2.75, 3.05) is 18.1 Å². The summed E-state index contributed by atoms with van der Waals surface area (Å²) in [5.41, 5.74) is 2.45. The Hall–Kier alpha value is -0.920. The summed E-state index contributed by atoms with van der Waals surface area (Å²) >= 11 is 0. The first-order valence-electron chi connectivity index (χ1n) is 9.49. The van der Waals surface area contributed by atoms with Crippen LogP contribution in [-0.2, 0) is 25.3 Å². The summed E-state index contributed by atoms with van der Waals surface area (Å²) in [5.74, 6) is 0.0809. The van der Waals surface area contributed by atoms with Gasteiger partial charge in [0, 0.05) is 12.6 Å². The summed E-state index contributed by atoms with van der Waals surface area (Å²) < 4.78 is 52.6. The Morgan fingerprint density at radius 3 is 2.04 bits per heavy atom. The molecule has 0 aromatic heterocycles. The normalized spacial score (nSPS) is 20.6. The lowest BCUT2D eigenvalue weighted by atomic mass is 9.85. The number of sulfone groups is 1. The van der Waals surface area contributed by atoms with Crippen molar-refractivity contribution in [1.82, 2.24) is 4.31 Å². The van der Waals surface area contributed by atoms with Crippen LogP contribution in [0.4, 0.5) is 0 Å². The van der Waals surface area contributed by atoms with Gasteiger partial charge >= 0.3 is 0 Å². The smallest absolute Gasteiger partial charge is 0.229 e. The molecule has 1 aliphatic heterocycles. The van der Waals surface area contributed by atoms with Gasteiger partial charge in [-0.25, -0.2) is 16.8 Å². The monoisotopic (exact) mass is 415 g/mol. The van der Waals surface area contributed by atoms with Crippen molar-refractivity contribution < 1.29 is 16.8 Å². The number of sulfonamides is 1. The molecule has 1 saturated heterocycles. The molecule has 0 bridgehead atoms. The summed E-state index contributed by atoms with van der Waals surface area (Å²) in [7, 11) is -6.96. The Bertz CT molecular complexity index is 887. The fraction of sp³-hybridized carbons (Fsp3) is 0.700. The molecular formula is C20H33NO4S2. The van der Waals surface area contributed by atoms with E-state index in [1.807, 2.05) is 39.8 Å². The van der Waals surface area contributed by atoms with Crippen molar-refractivity contribution in [3.63, 3.8) is 0 Å². The molecule has 27 heavy (non-hydrogen) atoms. The third-order valence-corrected chi connectivity index (χ3v) is 9.03. The first-order chi connectivity index (χ1) is 12.1. The molecule has 1 aromatic carbocycles.